The molecule has 8 heteroatoms. The van der Waals surface area contributed by atoms with Crippen LogP contribution in [-0.4, -0.2) is 49.5 Å². The van der Waals surface area contributed by atoms with Crippen LogP contribution >= 0.6 is 15.9 Å². The molecule has 1 aromatic rings. The molecule has 1 rings (SSSR count). The highest BCUT2D eigenvalue weighted by molar-refractivity contribution is 9.11. The molecular formula is C14H21BrN2O4S. The standard InChI is InChI=1S/C14H21BrN2O4S/c1-4-17(5-2)22(19,20)13(15)10-16-14(18)11-6-8-12(21-3)9-7-11/h6-9,13H,4-5,10H2,1-3H3,(H,16,18). The lowest BCUT2D eigenvalue weighted by molar-refractivity contribution is 0.0955. The molecule has 0 saturated heterocycles. The Labute approximate surface area is 140 Å². The molecule has 0 aliphatic heterocycles. The van der Waals surface area contributed by atoms with Crippen LogP contribution < -0.4 is 10.1 Å². The second-order valence-corrected chi connectivity index (χ2v) is 8.30. The highest BCUT2D eigenvalue weighted by atomic mass is 79.9. The molecular weight excluding hydrogens is 372 g/mol. The molecule has 1 aromatic carbocycles. The molecule has 0 bridgehead atoms. The Kier molecular flexibility index (Phi) is 7.31. The highest BCUT2D eigenvalue weighted by Crippen LogP contribution is 2.15. The third kappa shape index (κ3) is 4.69. The van der Waals surface area contributed by atoms with Gasteiger partial charge in [-0.2, -0.15) is 0 Å². The molecule has 0 aliphatic rings. The van der Waals surface area contributed by atoms with Crippen LogP contribution in [0.5, 0.6) is 5.75 Å². The molecule has 124 valence electrons. The molecule has 0 fully saturated rings. The first kappa shape index (κ1) is 18.9. The summed E-state index contributed by atoms with van der Waals surface area (Å²) in [7, 11) is -1.93. The molecule has 22 heavy (non-hydrogen) atoms. The van der Waals surface area contributed by atoms with Crippen molar-refractivity contribution in [2.75, 3.05) is 26.7 Å². The molecule has 0 heterocycles. The number of nitrogens with one attached hydrogen (secondary N) is 1. The number of hydrogen-bond donors (Lipinski definition) is 1. The second-order valence-electron chi connectivity index (χ2n) is 4.48. The summed E-state index contributed by atoms with van der Waals surface area (Å²) in [5, 5.41) is 2.61. The van der Waals surface area contributed by atoms with Crippen LogP contribution in [0.15, 0.2) is 24.3 Å². The summed E-state index contributed by atoms with van der Waals surface area (Å²) in [5.74, 6) is 0.320. The number of rotatable bonds is 8. The van der Waals surface area contributed by atoms with E-state index in [0.29, 0.717) is 24.4 Å². The van der Waals surface area contributed by atoms with Crippen LogP contribution in [0, 0.1) is 0 Å². The van der Waals surface area contributed by atoms with Crippen molar-refractivity contribution in [3.63, 3.8) is 0 Å². The topological polar surface area (TPSA) is 75.7 Å². The van der Waals surface area contributed by atoms with E-state index in [-0.39, 0.29) is 12.5 Å². The number of amides is 1. The van der Waals surface area contributed by atoms with E-state index in [1.165, 1.54) is 4.31 Å². The van der Waals surface area contributed by atoms with Crippen LogP contribution in [0.1, 0.15) is 24.2 Å². The van der Waals surface area contributed by atoms with Gasteiger partial charge in [0.05, 0.1) is 7.11 Å². The maximum absolute atomic E-state index is 12.2. The van der Waals surface area contributed by atoms with Crippen molar-refractivity contribution in [1.29, 1.82) is 0 Å². The summed E-state index contributed by atoms with van der Waals surface area (Å²) in [6, 6.07) is 6.59. The average Bonchev–Trinajstić information content (AvgIpc) is 2.53. The number of carbonyl (C=O) groups is 1. The normalized spacial score (nSPS) is 13.0. The van der Waals surface area contributed by atoms with Gasteiger partial charge in [-0.15, -0.1) is 0 Å². The summed E-state index contributed by atoms with van der Waals surface area (Å²) in [6.07, 6.45) is 0. The van der Waals surface area contributed by atoms with Crippen molar-refractivity contribution in [2.45, 2.75) is 18.0 Å². The minimum Gasteiger partial charge on any atom is -0.497 e. The van der Waals surface area contributed by atoms with E-state index >= 15 is 0 Å². The lowest BCUT2D eigenvalue weighted by Gasteiger charge is -2.22. The quantitative estimate of drug-likeness (QED) is 0.684. The van der Waals surface area contributed by atoms with E-state index in [0.717, 1.165) is 0 Å². The molecule has 0 aliphatic carbocycles. The van der Waals surface area contributed by atoms with Gasteiger partial charge in [-0.3, -0.25) is 4.79 Å². The van der Waals surface area contributed by atoms with Crippen molar-refractivity contribution >= 4 is 31.9 Å². The van der Waals surface area contributed by atoms with Gasteiger partial charge in [-0.25, -0.2) is 12.7 Å². The predicted octanol–water partition coefficient (Wildman–Crippen LogP) is 1.82. The lowest BCUT2D eigenvalue weighted by atomic mass is 10.2. The fourth-order valence-corrected chi connectivity index (χ4v) is 4.08. The van der Waals surface area contributed by atoms with E-state index in [1.54, 1.807) is 45.2 Å². The van der Waals surface area contributed by atoms with Gasteiger partial charge in [0.2, 0.25) is 10.0 Å². The summed E-state index contributed by atoms with van der Waals surface area (Å²) in [6.45, 7) is 4.33. The van der Waals surface area contributed by atoms with Crippen LogP contribution in [-0.2, 0) is 10.0 Å². The Hall–Kier alpha value is -1.12. The number of methoxy groups -OCH3 is 1. The van der Waals surface area contributed by atoms with Crippen LogP contribution in [0.25, 0.3) is 0 Å². The molecule has 0 saturated carbocycles. The summed E-state index contributed by atoms with van der Waals surface area (Å²) in [5.41, 5.74) is 0.445. The van der Waals surface area contributed by atoms with Gasteiger partial charge in [0.15, 0.2) is 0 Å². The van der Waals surface area contributed by atoms with Gasteiger partial charge in [0.25, 0.3) is 5.91 Å². The minimum atomic E-state index is -3.47. The van der Waals surface area contributed by atoms with Crippen LogP contribution in [0.2, 0.25) is 0 Å². The first-order chi connectivity index (χ1) is 10.4. The Morgan fingerprint density at radius 3 is 2.27 bits per heavy atom. The largest absolute Gasteiger partial charge is 0.497 e. The maximum Gasteiger partial charge on any atom is 0.251 e. The Balaban J connectivity index is 2.66. The van der Waals surface area contributed by atoms with Crippen molar-refractivity contribution in [3.8, 4) is 5.75 Å². The zero-order valence-corrected chi connectivity index (χ0v) is 15.3. The molecule has 1 atom stereocenters. The third-order valence-electron chi connectivity index (χ3n) is 3.16. The molecule has 0 spiro atoms. The van der Waals surface area contributed by atoms with E-state index in [4.69, 9.17) is 4.74 Å². The fraction of sp³-hybridized carbons (Fsp3) is 0.500. The van der Waals surface area contributed by atoms with Crippen molar-refractivity contribution in [2.24, 2.45) is 0 Å². The van der Waals surface area contributed by atoms with Crippen molar-refractivity contribution in [1.82, 2.24) is 9.62 Å². The number of alkyl halides is 1. The van der Waals surface area contributed by atoms with E-state index < -0.39 is 14.2 Å². The summed E-state index contributed by atoms with van der Waals surface area (Å²) >= 11 is 3.14. The SMILES string of the molecule is CCN(CC)S(=O)(=O)C(Br)CNC(=O)c1ccc(OC)cc1. The Bertz CT molecular complexity index is 585. The monoisotopic (exact) mass is 392 g/mol. The fourth-order valence-electron chi connectivity index (χ4n) is 1.87. The average molecular weight is 393 g/mol. The molecule has 0 radical (unpaired) electrons. The zero-order chi connectivity index (χ0) is 16.8. The molecule has 1 unspecified atom stereocenters. The minimum absolute atomic E-state index is 0.0102. The van der Waals surface area contributed by atoms with Gasteiger partial charge >= 0.3 is 0 Å². The van der Waals surface area contributed by atoms with E-state index in [2.05, 4.69) is 21.2 Å². The predicted molar refractivity (Wildman–Crippen MR) is 89.9 cm³/mol. The number of halogens is 1. The number of sulfonamides is 1. The highest BCUT2D eigenvalue weighted by Gasteiger charge is 2.28. The molecule has 1 amide bonds. The second kappa shape index (κ2) is 8.50. The van der Waals surface area contributed by atoms with Gasteiger partial charge < -0.3 is 10.1 Å². The number of benzene rings is 1. The number of nitrogens with zero attached hydrogens (tertiary/aromatic N) is 1. The van der Waals surface area contributed by atoms with Crippen molar-refractivity contribution in [3.05, 3.63) is 29.8 Å². The number of hydrogen-bond acceptors (Lipinski definition) is 4. The Morgan fingerprint density at radius 2 is 1.82 bits per heavy atom. The summed E-state index contributed by atoms with van der Waals surface area (Å²) < 4.78 is 30.0. The zero-order valence-electron chi connectivity index (χ0n) is 12.9. The van der Waals surface area contributed by atoms with Gasteiger partial charge in [-0.1, -0.05) is 29.8 Å². The van der Waals surface area contributed by atoms with Gasteiger partial charge in [0, 0.05) is 25.2 Å². The Morgan fingerprint density at radius 1 is 1.27 bits per heavy atom. The number of ether oxygens (including phenoxy) is 1. The molecule has 1 N–H and O–H groups in total. The maximum atomic E-state index is 12.2. The third-order valence-corrected chi connectivity index (χ3v) is 6.95. The van der Waals surface area contributed by atoms with E-state index in [9.17, 15) is 13.2 Å². The van der Waals surface area contributed by atoms with E-state index in [1.807, 2.05) is 0 Å². The first-order valence-corrected chi connectivity index (χ1v) is 9.34. The lowest BCUT2D eigenvalue weighted by Crippen LogP contribution is -2.41. The van der Waals surface area contributed by atoms with Gasteiger partial charge in [-0.05, 0) is 24.3 Å². The molecule has 0 aromatic heterocycles. The molecule has 6 nitrogen and oxygen atoms in total. The van der Waals surface area contributed by atoms with Crippen LogP contribution in [0.4, 0.5) is 0 Å². The number of carbonyl (C=O) groups excluding carboxylic acids is 1. The first-order valence-electron chi connectivity index (χ1n) is 6.92. The van der Waals surface area contributed by atoms with Gasteiger partial charge in [0.1, 0.15) is 9.91 Å². The smallest absolute Gasteiger partial charge is 0.251 e. The van der Waals surface area contributed by atoms with Crippen LogP contribution in [0.3, 0.4) is 0 Å². The van der Waals surface area contributed by atoms with Crippen molar-refractivity contribution < 1.29 is 17.9 Å². The summed E-state index contributed by atoms with van der Waals surface area (Å²) in [4.78, 5) is 12.0.